The lowest BCUT2D eigenvalue weighted by atomic mass is 9.60. The molecule has 3 aliphatic carbocycles. The van der Waals surface area contributed by atoms with Crippen molar-refractivity contribution >= 4 is 11.6 Å². The lowest BCUT2D eigenvalue weighted by Gasteiger charge is -2.45. The fourth-order valence-corrected chi connectivity index (χ4v) is 6.35. The van der Waals surface area contributed by atoms with E-state index in [1.54, 1.807) is 5.56 Å². The second kappa shape index (κ2) is 5.63. The fourth-order valence-electron chi connectivity index (χ4n) is 6.17. The van der Waals surface area contributed by atoms with E-state index in [9.17, 15) is 0 Å². The van der Waals surface area contributed by atoms with Gasteiger partial charge in [0.15, 0.2) is 0 Å². The molecule has 1 heteroatoms. The molecule has 0 saturated heterocycles. The average Bonchev–Trinajstić information content (AvgIpc) is 2.88. The van der Waals surface area contributed by atoms with Crippen LogP contribution in [0.4, 0.5) is 0 Å². The summed E-state index contributed by atoms with van der Waals surface area (Å²) in [5, 5.41) is 0.886. The maximum atomic E-state index is 6.40. The SMILES string of the molecule is CC1CC2CCC(C3c4ccccc4-c4ccc(Cl)cc43)C(C1)C2. The Morgan fingerprint density at radius 3 is 2.62 bits per heavy atom. The minimum Gasteiger partial charge on any atom is -0.0843 e. The van der Waals surface area contributed by atoms with Crippen molar-refractivity contribution in [1.82, 2.24) is 0 Å². The smallest absolute Gasteiger partial charge is 0.0409 e. The van der Waals surface area contributed by atoms with Gasteiger partial charge in [-0.2, -0.15) is 0 Å². The summed E-state index contributed by atoms with van der Waals surface area (Å²) in [6.07, 6.45) is 7.18. The van der Waals surface area contributed by atoms with Crippen LogP contribution >= 0.6 is 11.6 Å². The molecule has 2 fully saturated rings. The first-order valence-electron chi connectivity index (χ1n) is 9.59. The van der Waals surface area contributed by atoms with Crippen LogP contribution in [-0.4, -0.2) is 0 Å². The van der Waals surface area contributed by atoms with E-state index in [1.807, 2.05) is 0 Å². The van der Waals surface area contributed by atoms with Crippen LogP contribution in [0.3, 0.4) is 0 Å². The van der Waals surface area contributed by atoms with Gasteiger partial charge in [-0.3, -0.25) is 0 Å². The molecule has 5 unspecified atom stereocenters. The van der Waals surface area contributed by atoms with Crippen LogP contribution in [-0.2, 0) is 0 Å². The van der Waals surface area contributed by atoms with Crippen molar-refractivity contribution in [2.45, 2.75) is 44.9 Å². The molecule has 2 saturated carbocycles. The minimum atomic E-state index is 0.561. The van der Waals surface area contributed by atoms with Crippen molar-refractivity contribution < 1.29 is 0 Å². The van der Waals surface area contributed by atoms with Crippen LogP contribution in [0, 0.1) is 23.7 Å². The molecule has 3 aliphatic rings. The first kappa shape index (κ1) is 15.0. The molecular formula is C23H25Cl. The first-order chi connectivity index (χ1) is 11.7. The number of hydrogen-bond acceptors (Lipinski definition) is 0. The highest BCUT2D eigenvalue weighted by Crippen LogP contribution is 2.56. The summed E-state index contributed by atoms with van der Waals surface area (Å²) in [7, 11) is 0. The predicted molar refractivity (Wildman–Crippen MR) is 101 cm³/mol. The van der Waals surface area contributed by atoms with E-state index in [4.69, 9.17) is 11.6 Å². The Labute approximate surface area is 150 Å². The molecule has 0 radical (unpaired) electrons. The Morgan fingerprint density at radius 1 is 0.875 bits per heavy atom. The van der Waals surface area contributed by atoms with Crippen molar-refractivity contribution in [3.8, 4) is 11.1 Å². The van der Waals surface area contributed by atoms with Crippen molar-refractivity contribution in [2.75, 3.05) is 0 Å². The molecule has 0 aromatic heterocycles. The lowest BCUT2D eigenvalue weighted by Crippen LogP contribution is -2.35. The number of rotatable bonds is 1. The van der Waals surface area contributed by atoms with Crippen LogP contribution in [0.2, 0.25) is 5.02 Å². The molecule has 0 spiro atoms. The standard InChI is InChI=1S/C23H25Cl/c1-14-10-15-6-8-18(16(11-14)12-15)23-21-5-3-2-4-19(21)20-9-7-17(24)13-22(20)23/h2-5,7,9,13-16,18,23H,6,8,10-12H2,1H3. The fraction of sp³-hybridized carbons (Fsp3) is 0.478. The van der Waals surface area contributed by atoms with Crippen LogP contribution in [0.15, 0.2) is 42.5 Å². The van der Waals surface area contributed by atoms with Crippen LogP contribution < -0.4 is 0 Å². The van der Waals surface area contributed by atoms with Gasteiger partial charge in [-0.25, -0.2) is 0 Å². The Morgan fingerprint density at radius 2 is 1.71 bits per heavy atom. The maximum Gasteiger partial charge on any atom is 0.0409 e. The molecule has 0 amide bonds. The minimum absolute atomic E-state index is 0.561. The molecule has 0 N–H and O–H groups in total. The number of benzene rings is 2. The quantitative estimate of drug-likeness (QED) is 0.530. The Kier molecular flexibility index (Phi) is 3.52. The molecule has 24 heavy (non-hydrogen) atoms. The van der Waals surface area contributed by atoms with Gasteiger partial charge >= 0.3 is 0 Å². The molecular weight excluding hydrogens is 312 g/mol. The topological polar surface area (TPSA) is 0 Å². The summed E-state index contributed by atoms with van der Waals surface area (Å²) in [6.45, 7) is 2.47. The van der Waals surface area contributed by atoms with E-state index in [-0.39, 0.29) is 0 Å². The first-order valence-corrected chi connectivity index (χ1v) is 9.97. The summed E-state index contributed by atoms with van der Waals surface area (Å²) in [5.41, 5.74) is 5.91. The molecule has 2 aromatic rings. The molecule has 2 bridgehead atoms. The van der Waals surface area contributed by atoms with Gasteiger partial charge in [0.1, 0.15) is 0 Å². The third-order valence-corrected chi connectivity index (χ3v) is 7.19. The maximum absolute atomic E-state index is 6.40. The summed E-state index contributed by atoms with van der Waals surface area (Å²) >= 11 is 6.40. The van der Waals surface area contributed by atoms with Crippen molar-refractivity contribution in [2.24, 2.45) is 23.7 Å². The van der Waals surface area contributed by atoms with Gasteiger partial charge in [0, 0.05) is 10.9 Å². The molecule has 0 nitrogen and oxygen atoms in total. The van der Waals surface area contributed by atoms with Gasteiger partial charge < -0.3 is 0 Å². The van der Waals surface area contributed by atoms with Crippen LogP contribution in [0.25, 0.3) is 11.1 Å². The predicted octanol–water partition coefficient (Wildman–Crippen LogP) is 6.91. The van der Waals surface area contributed by atoms with E-state index < -0.39 is 0 Å². The molecule has 5 rings (SSSR count). The summed E-state index contributed by atoms with van der Waals surface area (Å²) in [5.74, 6) is 4.16. The zero-order chi connectivity index (χ0) is 16.3. The third-order valence-electron chi connectivity index (χ3n) is 6.95. The van der Waals surface area contributed by atoms with Gasteiger partial charge in [0.05, 0.1) is 0 Å². The van der Waals surface area contributed by atoms with Crippen LogP contribution in [0.1, 0.15) is 56.1 Å². The Balaban J connectivity index is 1.61. The van der Waals surface area contributed by atoms with Gasteiger partial charge in [-0.15, -0.1) is 0 Å². The summed E-state index contributed by atoms with van der Waals surface area (Å²) < 4.78 is 0. The van der Waals surface area contributed by atoms with E-state index >= 15 is 0 Å². The average molecular weight is 337 g/mol. The molecule has 5 atom stereocenters. The van der Waals surface area contributed by atoms with E-state index in [1.165, 1.54) is 48.8 Å². The summed E-state index contributed by atoms with van der Waals surface area (Å²) in [4.78, 5) is 0. The highest BCUT2D eigenvalue weighted by atomic mass is 35.5. The van der Waals surface area contributed by atoms with Gasteiger partial charge in [-0.05, 0) is 83.7 Å². The van der Waals surface area contributed by atoms with E-state index in [2.05, 4.69) is 49.4 Å². The second-order valence-electron chi connectivity index (χ2n) is 8.48. The molecule has 2 aromatic carbocycles. The largest absolute Gasteiger partial charge is 0.0843 e. The highest BCUT2D eigenvalue weighted by Gasteiger charge is 2.43. The zero-order valence-corrected chi connectivity index (χ0v) is 15.1. The van der Waals surface area contributed by atoms with Crippen molar-refractivity contribution in [1.29, 1.82) is 0 Å². The van der Waals surface area contributed by atoms with Gasteiger partial charge in [0.25, 0.3) is 0 Å². The Bertz CT molecular complexity index is 775. The number of hydrogen-bond donors (Lipinski definition) is 0. The van der Waals surface area contributed by atoms with Crippen molar-refractivity contribution in [3.63, 3.8) is 0 Å². The van der Waals surface area contributed by atoms with E-state index in [0.29, 0.717) is 5.92 Å². The highest BCUT2D eigenvalue weighted by molar-refractivity contribution is 6.30. The van der Waals surface area contributed by atoms with Gasteiger partial charge in [0.2, 0.25) is 0 Å². The van der Waals surface area contributed by atoms with E-state index in [0.717, 1.165) is 28.7 Å². The zero-order valence-electron chi connectivity index (χ0n) is 14.3. The van der Waals surface area contributed by atoms with Crippen molar-refractivity contribution in [3.05, 3.63) is 58.6 Å². The number of halogens is 1. The monoisotopic (exact) mass is 336 g/mol. The van der Waals surface area contributed by atoms with Gasteiger partial charge in [-0.1, -0.05) is 55.3 Å². The number of fused-ring (bicyclic) bond motifs is 5. The lowest BCUT2D eigenvalue weighted by molar-refractivity contribution is 0.0811. The summed E-state index contributed by atoms with van der Waals surface area (Å²) in [6, 6.07) is 15.6. The second-order valence-corrected chi connectivity index (χ2v) is 8.91. The van der Waals surface area contributed by atoms with Crippen LogP contribution in [0.5, 0.6) is 0 Å². The molecule has 0 aliphatic heterocycles. The molecule has 124 valence electrons. The third kappa shape index (κ3) is 2.26. The normalized spacial score (nSPS) is 33.8. The molecule has 0 heterocycles. The Hall–Kier alpha value is -1.27.